The van der Waals surface area contributed by atoms with Gasteiger partial charge in [0, 0.05) is 46.5 Å². The van der Waals surface area contributed by atoms with Crippen LogP contribution in [0.5, 0.6) is 11.5 Å². The number of carbonyl (C=O) groups excluding carboxylic acids is 1. The highest BCUT2D eigenvalue weighted by atomic mass is 32.1. The van der Waals surface area contributed by atoms with Gasteiger partial charge in [0.15, 0.2) is 0 Å². The lowest BCUT2D eigenvalue weighted by atomic mass is 9.82. The van der Waals surface area contributed by atoms with E-state index in [4.69, 9.17) is 0 Å². The van der Waals surface area contributed by atoms with Gasteiger partial charge < -0.3 is 20.4 Å². The van der Waals surface area contributed by atoms with Crippen LogP contribution in [0.25, 0.3) is 22.3 Å². The summed E-state index contributed by atoms with van der Waals surface area (Å²) in [5.74, 6) is -1.87. The fourth-order valence-corrected chi connectivity index (χ4v) is 7.56. The van der Waals surface area contributed by atoms with E-state index in [2.05, 4.69) is 0 Å². The van der Waals surface area contributed by atoms with E-state index in [0.717, 1.165) is 11.1 Å². The number of aliphatic carboxylic acids is 2. The Labute approximate surface area is 289 Å². The topological polar surface area (TPSA) is 139 Å². The second kappa shape index (κ2) is 14.2. The van der Waals surface area contributed by atoms with Crippen LogP contribution >= 0.6 is 22.7 Å². The monoisotopic (exact) mass is 692 g/mol. The average Bonchev–Trinajstić information content (AvgIpc) is 3.63. The number of ketones is 1. The Balaban J connectivity index is 1.82. The highest BCUT2D eigenvalue weighted by Crippen LogP contribution is 2.43. The Morgan fingerprint density at radius 3 is 1.31 bits per heavy atom. The summed E-state index contributed by atoms with van der Waals surface area (Å²) in [4.78, 5) is 41.4. The smallest absolute Gasteiger partial charge is 0.317 e. The fourth-order valence-electron chi connectivity index (χ4n) is 5.77. The van der Waals surface area contributed by atoms with Crippen LogP contribution in [-0.4, -0.2) is 75.1 Å². The van der Waals surface area contributed by atoms with Gasteiger partial charge in [-0.1, -0.05) is 41.5 Å². The van der Waals surface area contributed by atoms with E-state index >= 15 is 0 Å². The number of rotatable bonds is 12. The molecule has 48 heavy (non-hydrogen) atoms. The summed E-state index contributed by atoms with van der Waals surface area (Å²) < 4.78 is 0. The molecule has 2 aromatic heterocycles. The zero-order valence-corrected chi connectivity index (χ0v) is 30.3. The van der Waals surface area contributed by atoms with Crippen molar-refractivity contribution in [3.05, 3.63) is 79.2 Å². The first-order valence-corrected chi connectivity index (χ1v) is 17.3. The third-order valence-corrected chi connectivity index (χ3v) is 9.88. The number of likely N-dealkylation sites (N-methyl/N-ethyl adjacent to an activating group) is 2. The lowest BCUT2D eigenvalue weighted by Crippen LogP contribution is -2.25. The van der Waals surface area contributed by atoms with E-state index in [-0.39, 0.29) is 43.5 Å². The van der Waals surface area contributed by atoms with Crippen LogP contribution in [0.15, 0.2) is 47.2 Å². The van der Waals surface area contributed by atoms with Gasteiger partial charge in [-0.15, -0.1) is 22.7 Å². The minimum absolute atomic E-state index is 0.110. The Bertz CT molecular complexity index is 1710. The summed E-state index contributed by atoms with van der Waals surface area (Å²) in [5, 5.41) is 44.8. The first kappa shape index (κ1) is 36.8. The van der Waals surface area contributed by atoms with Gasteiger partial charge >= 0.3 is 11.9 Å². The molecule has 0 unspecified atom stereocenters. The summed E-state index contributed by atoms with van der Waals surface area (Å²) in [6.07, 6.45) is 0. The van der Waals surface area contributed by atoms with E-state index in [1.807, 2.05) is 88.7 Å². The molecule has 0 saturated heterocycles. The van der Waals surface area contributed by atoms with Gasteiger partial charge in [-0.3, -0.25) is 24.2 Å². The van der Waals surface area contributed by atoms with Crippen LogP contribution in [0, 0.1) is 0 Å². The van der Waals surface area contributed by atoms with Crippen LogP contribution in [-0.2, 0) is 33.5 Å². The molecule has 9 nitrogen and oxygen atoms in total. The maximum absolute atomic E-state index is 14.4. The maximum Gasteiger partial charge on any atom is 0.317 e. The minimum Gasteiger partial charge on any atom is -0.507 e. The molecule has 0 aliphatic heterocycles. The molecular weight excluding hydrogens is 649 g/mol. The molecule has 0 aliphatic carbocycles. The number of carboxylic acid groups (broad SMARTS) is 2. The van der Waals surface area contributed by atoms with Gasteiger partial charge in [-0.05, 0) is 83.2 Å². The van der Waals surface area contributed by atoms with E-state index in [1.54, 1.807) is 23.9 Å². The molecule has 2 aromatic carbocycles. The molecule has 0 bridgehead atoms. The van der Waals surface area contributed by atoms with Crippen LogP contribution in [0.1, 0.15) is 78.3 Å². The van der Waals surface area contributed by atoms with Gasteiger partial charge in [-0.2, -0.15) is 0 Å². The van der Waals surface area contributed by atoms with Crippen molar-refractivity contribution in [1.82, 2.24) is 9.80 Å². The number of aromatic hydroxyl groups is 2. The van der Waals surface area contributed by atoms with Crippen LogP contribution in [0.2, 0.25) is 0 Å². The van der Waals surface area contributed by atoms with Crippen molar-refractivity contribution in [2.45, 2.75) is 65.5 Å². The van der Waals surface area contributed by atoms with Crippen molar-refractivity contribution in [2.24, 2.45) is 0 Å². The van der Waals surface area contributed by atoms with Crippen LogP contribution in [0.3, 0.4) is 0 Å². The molecule has 11 heteroatoms. The minimum atomic E-state index is -0.968. The Hall–Kier alpha value is -4.03. The van der Waals surface area contributed by atoms with Crippen molar-refractivity contribution in [3.63, 3.8) is 0 Å². The molecule has 4 rings (SSSR count). The number of hydrogen-bond acceptors (Lipinski definition) is 9. The lowest BCUT2D eigenvalue weighted by Gasteiger charge is -2.25. The van der Waals surface area contributed by atoms with Crippen molar-refractivity contribution < 1.29 is 34.8 Å². The molecule has 0 radical (unpaired) electrons. The molecule has 0 atom stereocenters. The number of carboxylic acids is 2. The number of carbonyl (C=O) groups is 3. The van der Waals surface area contributed by atoms with Gasteiger partial charge in [-0.25, -0.2) is 0 Å². The largest absolute Gasteiger partial charge is 0.507 e. The lowest BCUT2D eigenvalue weighted by molar-refractivity contribution is -0.139. The summed E-state index contributed by atoms with van der Waals surface area (Å²) in [6, 6.07) is 11.2. The zero-order chi connectivity index (χ0) is 35.7. The highest BCUT2D eigenvalue weighted by molar-refractivity contribution is 7.16. The predicted molar refractivity (Wildman–Crippen MR) is 192 cm³/mol. The second-order valence-electron chi connectivity index (χ2n) is 14.4. The first-order chi connectivity index (χ1) is 22.3. The molecular formula is C37H44N2O7S2. The van der Waals surface area contributed by atoms with Crippen molar-refractivity contribution >= 4 is 40.4 Å². The predicted octanol–water partition coefficient (Wildman–Crippen LogP) is 7.41. The number of phenolic OH excluding ortho intramolecular Hbond substituents is 2. The molecule has 4 N–H and O–H groups in total. The third kappa shape index (κ3) is 8.33. The Morgan fingerprint density at radius 1 is 0.646 bits per heavy atom. The number of nitrogens with zero attached hydrogens (tertiary/aromatic N) is 2. The van der Waals surface area contributed by atoms with Gasteiger partial charge in [0.2, 0.25) is 5.78 Å². The van der Waals surface area contributed by atoms with Gasteiger partial charge in [0.1, 0.15) is 11.5 Å². The quantitative estimate of drug-likeness (QED) is 0.112. The van der Waals surface area contributed by atoms with Gasteiger partial charge in [0.25, 0.3) is 0 Å². The van der Waals surface area contributed by atoms with Crippen LogP contribution < -0.4 is 0 Å². The van der Waals surface area contributed by atoms with Gasteiger partial charge in [0.05, 0.1) is 22.8 Å². The molecule has 256 valence electrons. The first-order valence-electron chi connectivity index (χ1n) is 15.5. The standard InChI is InChI=1S/C37H44N2O7S2/c1-36(2,3)27-15-21(13-23(31(27)44)17-38(7)19-29(40)41)25-9-11-47-34(25)33(46)35-26(10-12-48-35)22-14-24(18-39(8)20-30(42)43)32(45)28(16-22)37(4,5)6/h9-16,44-45H,17-20H2,1-8H3,(H,40,41)(H,42,43). The Kier molecular flexibility index (Phi) is 10.9. The Morgan fingerprint density at radius 2 is 1.00 bits per heavy atom. The molecule has 0 amide bonds. The third-order valence-electron chi connectivity index (χ3n) is 8.05. The van der Waals surface area contributed by atoms with Crippen molar-refractivity contribution in [3.8, 4) is 33.8 Å². The molecule has 0 saturated carbocycles. The van der Waals surface area contributed by atoms with E-state index in [9.17, 15) is 34.8 Å². The van der Waals surface area contributed by atoms with E-state index < -0.39 is 22.8 Å². The zero-order valence-electron chi connectivity index (χ0n) is 28.7. The molecule has 0 spiro atoms. The van der Waals surface area contributed by atoms with Crippen LogP contribution in [0.4, 0.5) is 0 Å². The molecule has 4 aromatic rings. The average molecular weight is 693 g/mol. The van der Waals surface area contributed by atoms with E-state index in [1.165, 1.54) is 22.7 Å². The summed E-state index contributed by atoms with van der Waals surface area (Å²) in [7, 11) is 3.36. The van der Waals surface area contributed by atoms with E-state index in [0.29, 0.717) is 43.1 Å². The summed E-state index contributed by atoms with van der Waals surface area (Å²) in [6.45, 7) is 12.0. The fraction of sp³-hybridized carbons (Fsp3) is 0.378. The SMILES string of the molecule is CN(CC(=O)O)Cc1cc(-c2ccsc2C(=O)c2sccc2-c2cc(CN(C)CC(=O)O)c(O)c(C(C)(C)C)c2)cc(C(C)(C)C)c1O. The normalized spacial score (nSPS) is 12.2. The van der Waals surface area contributed by atoms with Crippen molar-refractivity contribution in [2.75, 3.05) is 27.2 Å². The maximum atomic E-state index is 14.4. The number of thiophene rings is 2. The summed E-state index contributed by atoms with van der Waals surface area (Å²) in [5.41, 5.74) is 4.61. The number of hydrogen-bond donors (Lipinski definition) is 4. The highest BCUT2D eigenvalue weighted by Gasteiger charge is 2.28. The second-order valence-corrected chi connectivity index (χ2v) is 16.2. The van der Waals surface area contributed by atoms with Crippen molar-refractivity contribution in [1.29, 1.82) is 0 Å². The molecule has 0 fully saturated rings. The number of phenols is 2. The number of benzene rings is 2. The molecule has 0 aliphatic rings. The molecule has 2 heterocycles. The summed E-state index contributed by atoms with van der Waals surface area (Å²) >= 11 is 2.66.